The minimum absolute atomic E-state index is 0.163. The van der Waals surface area contributed by atoms with Gasteiger partial charge in [-0.05, 0) is 48.6 Å². The molecule has 1 aliphatic heterocycles. The van der Waals surface area contributed by atoms with E-state index in [2.05, 4.69) is 26.6 Å². The molecule has 2 aromatic rings. The van der Waals surface area contributed by atoms with Crippen LogP contribution in [0.3, 0.4) is 0 Å². The fourth-order valence-corrected chi connectivity index (χ4v) is 3.30. The standard InChI is InChI=1S/C20H22ClN5O/c21-18-5-3-15(4-6-18)13-24-20(27)25-14-16-7-10-26(11-8-16)19-17(12-22)2-1-9-23-19/h1-6,9,16H,7-8,10-11,13-14H2,(H2,24,25,27). The molecule has 7 heteroatoms. The molecule has 2 amide bonds. The van der Waals surface area contributed by atoms with Gasteiger partial charge in [-0.1, -0.05) is 23.7 Å². The van der Waals surface area contributed by atoms with Crippen molar-refractivity contribution in [3.05, 3.63) is 58.7 Å². The van der Waals surface area contributed by atoms with Crippen LogP contribution in [0.15, 0.2) is 42.6 Å². The molecule has 0 atom stereocenters. The van der Waals surface area contributed by atoms with E-state index < -0.39 is 0 Å². The summed E-state index contributed by atoms with van der Waals surface area (Å²) in [5.41, 5.74) is 1.61. The maximum absolute atomic E-state index is 12.0. The second-order valence-electron chi connectivity index (χ2n) is 6.61. The third-order valence-corrected chi connectivity index (χ3v) is 4.99. The van der Waals surface area contributed by atoms with Gasteiger partial charge in [-0.3, -0.25) is 0 Å². The Balaban J connectivity index is 1.40. The first-order chi connectivity index (χ1) is 13.2. The lowest BCUT2D eigenvalue weighted by molar-refractivity contribution is 0.237. The number of halogens is 1. The zero-order chi connectivity index (χ0) is 19.1. The van der Waals surface area contributed by atoms with Crippen LogP contribution in [0.2, 0.25) is 5.02 Å². The summed E-state index contributed by atoms with van der Waals surface area (Å²) in [5.74, 6) is 1.18. The molecule has 1 aromatic carbocycles. The summed E-state index contributed by atoms with van der Waals surface area (Å²) in [6, 6.07) is 13.0. The summed E-state index contributed by atoms with van der Waals surface area (Å²) in [4.78, 5) is 18.5. The van der Waals surface area contributed by atoms with E-state index in [1.165, 1.54) is 0 Å². The lowest BCUT2D eigenvalue weighted by atomic mass is 9.96. The summed E-state index contributed by atoms with van der Waals surface area (Å²) >= 11 is 5.85. The Morgan fingerprint density at radius 1 is 1.22 bits per heavy atom. The average Bonchev–Trinajstić information content (AvgIpc) is 2.72. The normalized spacial score (nSPS) is 14.4. The molecule has 1 saturated heterocycles. The average molecular weight is 384 g/mol. The number of pyridine rings is 1. The first kappa shape index (κ1) is 19.0. The smallest absolute Gasteiger partial charge is 0.315 e. The Hall–Kier alpha value is -2.78. The minimum Gasteiger partial charge on any atom is -0.356 e. The monoisotopic (exact) mass is 383 g/mol. The number of hydrogen-bond acceptors (Lipinski definition) is 4. The van der Waals surface area contributed by atoms with Crippen LogP contribution < -0.4 is 15.5 Å². The van der Waals surface area contributed by atoms with Gasteiger partial charge in [-0.15, -0.1) is 0 Å². The number of nitriles is 1. The third-order valence-electron chi connectivity index (χ3n) is 4.74. The van der Waals surface area contributed by atoms with Crippen molar-refractivity contribution in [3.8, 4) is 6.07 Å². The molecule has 0 unspecified atom stereocenters. The number of aromatic nitrogens is 1. The van der Waals surface area contributed by atoms with E-state index in [1.54, 1.807) is 18.3 Å². The number of nitrogens with zero attached hydrogens (tertiary/aromatic N) is 3. The molecule has 27 heavy (non-hydrogen) atoms. The van der Waals surface area contributed by atoms with Gasteiger partial charge in [0.1, 0.15) is 11.9 Å². The number of carbonyl (C=O) groups excluding carboxylic acids is 1. The second kappa shape index (κ2) is 9.24. The van der Waals surface area contributed by atoms with Crippen molar-refractivity contribution in [2.45, 2.75) is 19.4 Å². The van der Waals surface area contributed by atoms with Crippen LogP contribution in [-0.4, -0.2) is 30.6 Å². The highest BCUT2D eigenvalue weighted by molar-refractivity contribution is 6.30. The highest BCUT2D eigenvalue weighted by Crippen LogP contribution is 2.23. The first-order valence-corrected chi connectivity index (χ1v) is 9.39. The number of urea groups is 1. The molecule has 0 spiro atoms. The number of benzene rings is 1. The van der Waals surface area contributed by atoms with Crippen molar-refractivity contribution in [1.82, 2.24) is 15.6 Å². The van der Waals surface area contributed by atoms with E-state index in [-0.39, 0.29) is 6.03 Å². The SMILES string of the molecule is N#Cc1cccnc1N1CCC(CNC(=O)NCc2ccc(Cl)cc2)CC1. The molecule has 3 rings (SSSR count). The minimum atomic E-state index is -0.163. The topological polar surface area (TPSA) is 81.1 Å². The Morgan fingerprint density at radius 3 is 2.67 bits per heavy atom. The van der Waals surface area contributed by atoms with Crippen molar-refractivity contribution in [2.24, 2.45) is 5.92 Å². The van der Waals surface area contributed by atoms with Gasteiger partial charge in [0.2, 0.25) is 0 Å². The lowest BCUT2D eigenvalue weighted by Crippen LogP contribution is -2.42. The van der Waals surface area contributed by atoms with Crippen LogP contribution in [0.5, 0.6) is 0 Å². The van der Waals surface area contributed by atoms with E-state index in [0.29, 0.717) is 29.6 Å². The molecule has 0 bridgehead atoms. The molecular weight excluding hydrogens is 362 g/mol. The van der Waals surface area contributed by atoms with Crippen LogP contribution >= 0.6 is 11.6 Å². The van der Waals surface area contributed by atoms with E-state index in [4.69, 9.17) is 11.6 Å². The summed E-state index contributed by atoms with van der Waals surface area (Å²) in [6.45, 7) is 2.79. The number of rotatable bonds is 5. The Labute approximate surface area is 164 Å². The van der Waals surface area contributed by atoms with Crippen molar-refractivity contribution in [3.63, 3.8) is 0 Å². The van der Waals surface area contributed by atoms with Gasteiger partial charge in [0.15, 0.2) is 0 Å². The van der Waals surface area contributed by atoms with E-state index in [1.807, 2.05) is 24.3 Å². The van der Waals surface area contributed by atoms with Crippen LogP contribution in [0.25, 0.3) is 0 Å². The molecule has 2 heterocycles. The predicted molar refractivity (Wildman–Crippen MR) is 106 cm³/mol. The van der Waals surface area contributed by atoms with Crippen LogP contribution in [0.4, 0.5) is 10.6 Å². The molecule has 2 N–H and O–H groups in total. The maximum Gasteiger partial charge on any atom is 0.315 e. The molecular formula is C20H22ClN5O. The Morgan fingerprint density at radius 2 is 1.96 bits per heavy atom. The second-order valence-corrected chi connectivity index (χ2v) is 7.04. The Kier molecular flexibility index (Phi) is 6.50. The Bertz CT molecular complexity index is 810. The largest absolute Gasteiger partial charge is 0.356 e. The van der Waals surface area contributed by atoms with Crippen molar-refractivity contribution in [2.75, 3.05) is 24.5 Å². The summed E-state index contributed by atoms with van der Waals surface area (Å²) < 4.78 is 0. The molecule has 0 saturated carbocycles. The van der Waals surface area contributed by atoms with E-state index in [0.717, 1.165) is 37.3 Å². The van der Waals surface area contributed by atoms with Gasteiger partial charge >= 0.3 is 6.03 Å². The van der Waals surface area contributed by atoms with E-state index >= 15 is 0 Å². The molecule has 6 nitrogen and oxygen atoms in total. The molecule has 1 aromatic heterocycles. The molecule has 1 aliphatic rings. The van der Waals surface area contributed by atoms with Gasteiger partial charge in [-0.2, -0.15) is 5.26 Å². The summed E-state index contributed by atoms with van der Waals surface area (Å²) in [6.07, 6.45) is 3.63. The lowest BCUT2D eigenvalue weighted by Gasteiger charge is -2.33. The zero-order valence-corrected chi connectivity index (χ0v) is 15.7. The van der Waals surface area contributed by atoms with Gasteiger partial charge in [0, 0.05) is 37.4 Å². The van der Waals surface area contributed by atoms with Crippen molar-refractivity contribution >= 4 is 23.4 Å². The van der Waals surface area contributed by atoms with Gasteiger partial charge in [-0.25, -0.2) is 9.78 Å². The molecule has 1 fully saturated rings. The van der Waals surface area contributed by atoms with Gasteiger partial charge in [0.05, 0.1) is 5.56 Å². The number of hydrogen-bond donors (Lipinski definition) is 2. The van der Waals surface area contributed by atoms with Crippen LogP contribution in [-0.2, 0) is 6.54 Å². The highest BCUT2D eigenvalue weighted by Gasteiger charge is 2.22. The highest BCUT2D eigenvalue weighted by atomic mass is 35.5. The molecule has 0 radical (unpaired) electrons. The first-order valence-electron chi connectivity index (χ1n) is 9.02. The fourth-order valence-electron chi connectivity index (χ4n) is 3.17. The zero-order valence-electron chi connectivity index (χ0n) is 15.0. The quantitative estimate of drug-likeness (QED) is 0.829. The number of amides is 2. The number of nitrogens with one attached hydrogen (secondary N) is 2. The predicted octanol–water partition coefficient (Wildman–Crippen LogP) is 3.32. The van der Waals surface area contributed by atoms with Gasteiger partial charge < -0.3 is 15.5 Å². The number of carbonyl (C=O) groups is 1. The van der Waals surface area contributed by atoms with Crippen LogP contribution in [0, 0.1) is 17.2 Å². The van der Waals surface area contributed by atoms with Gasteiger partial charge in [0.25, 0.3) is 0 Å². The number of piperidine rings is 1. The third kappa shape index (κ3) is 5.35. The molecule has 0 aliphatic carbocycles. The van der Waals surface area contributed by atoms with E-state index in [9.17, 15) is 10.1 Å². The molecule has 140 valence electrons. The van der Waals surface area contributed by atoms with Crippen molar-refractivity contribution in [1.29, 1.82) is 5.26 Å². The van der Waals surface area contributed by atoms with Crippen LogP contribution in [0.1, 0.15) is 24.0 Å². The maximum atomic E-state index is 12.0. The summed E-state index contributed by atoms with van der Waals surface area (Å²) in [7, 11) is 0. The summed E-state index contributed by atoms with van der Waals surface area (Å²) in [5, 5.41) is 15.7. The fraction of sp³-hybridized carbons (Fsp3) is 0.350. The number of anilines is 1. The van der Waals surface area contributed by atoms with Crippen molar-refractivity contribution < 1.29 is 4.79 Å².